The maximum atomic E-state index is 2.69. The molecule has 0 N–H and O–H groups in total. The van der Waals surface area contributed by atoms with Crippen molar-refractivity contribution in [2.45, 2.75) is 244 Å². The minimum Gasteiger partial charge on any atom is -0.0651 e. The van der Waals surface area contributed by atoms with Crippen molar-refractivity contribution >= 4 is 0 Å². The van der Waals surface area contributed by atoms with Gasteiger partial charge in [0.2, 0.25) is 0 Å². The summed E-state index contributed by atoms with van der Waals surface area (Å²) in [5.41, 5.74) is 0.898. The van der Waals surface area contributed by atoms with Crippen LogP contribution in [0.5, 0.6) is 0 Å². The van der Waals surface area contributed by atoms with E-state index in [4.69, 9.17) is 0 Å². The van der Waals surface area contributed by atoms with E-state index in [9.17, 15) is 0 Å². The smallest absolute Gasteiger partial charge is 0.0249 e. The summed E-state index contributed by atoms with van der Waals surface area (Å²) in [6.07, 6.45) is 13.6. The van der Waals surface area contributed by atoms with Gasteiger partial charge in [-0.15, -0.1) is 0 Å². The molecule has 0 aromatic heterocycles. The summed E-state index contributed by atoms with van der Waals surface area (Å²) in [5, 5.41) is 0. The quantitative estimate of drug-likeness (QED) is 0.0962. The van der Waals surface area contributed by atoms with Gasteiger partial charge < -0.3 is 0 Å². The van der Waals surface area contributed by atoms with E-state index in [1.807, 2.05) is 0 Å². The second-order valence-corrected chi connectivity index (χ2v) is 26.3. The monoisotopic (exact) mass is 839 g/mol. The summed E-state index contributed by atoms with van der Waals surface area (Å²) in [7, 11) is 0. The van der Waals surface area contributed by atoms with Gasteiger partial charge in [-0.3, -0.25) is 0 Å². The van der Waals surface area contributed by atoms with Crippen molar-refractivity contribution in [2.75, 3.05) is 0 Å². The first kappa shape index (κ1) is 56.1. The lowest BCUT2D eigenvalue weighted by molar-refractivity contribution is -0.105. The molecule has 0 spiro atoms. The Balaban J connectivity index is 2.21. The Kier molecular flexibility index (Phi) is 21.0. The third kappa shape index (κ3) is 11.2. The Morgan fingerprint density at radius 2 is 1.02 bits per heavy atom. The van der Waals surface area contributed by atoms with Crippen LogP contribution in [0.25, 0.3) is 0 Å². The number of hydrogen-bond acceptors (Lipinski definition) is 0. The van der Waals surface area contributed by atoms with Gasteiger partial charge in [-0.05, 0) is 166 Å². The van der Waals surface area contributed by atoms with Gasteiger partial charge in [0, 0.05) is 0 Å². The van der Waals surface area contributed by atoms with Crippen LogP contribution in [0, 0.1) is 140 Å². The van der Waals surface area contributed by atoms with Crippen molar-refractivity contribution in [2.24, 2.45) is 140 Å². The molecular weight excluding hydrogens is 721 g/mol. The van der Waals surface area contributed by atoms with Crippen LogP contribution in [0.15, 0.2) is 0 Å². The SMILES string of the molecule is CCC(CCC(C)(C)C(C)(C)C(C)(C)C(C)C(C)(C)C(C)CC(C)C(C)C(C)C(CC)C(C)C1C(C)C(C)C(CC)C(CC)C1C)C(C)C1CC(C)C(CC)C(CC)C1C. The minimum absolute atomic E-state index is 0.195. The third-order valence-electron chi connectivity index (χ3n) is 23.8. The van der Waals surface area contributed by atoms with Crippen LogP contribution in [0.2, 0.25) is 0 Å². The molecule has 0 aromatic carbocycles. The van der Waals surface area contributed by atoms with Gasteiger partial charge in [-0.2, -0.15) is 0 Å². The fourth-order valence-corrected chi connectivity index (χ4v) is 16.9. The predicted octanol–water partition coefficient (Wildman–Crippen LogP) is 19.7. The summed E-state index contributed by atoms with van der Waals surface area (Å²) in [6.45, 7) is 67.9. The zero-order valence-electron chi connectivity index (χ0n) is 46.6. The molecule has 2 fully saturated rings. The molecule has 0 heterocycles. The lowest BCUT2D eigenvalue weighted by Crippen LogP contribution is -2.52. The summed E-state index contributed by atoms with van der Waals surface area (Å²) in [5.74, 6) is 16.3. The van der Waals surface area contributed by atoms with Crippen LogP contribution in [-0.2, 0) is 0 Å². The Bertz CT molecular complexity index is 1220. The average molecular weight is 840 g/mol. The summed E-state index contributed by atoms with van der Waals surface area (Å²) >= 11 is 0. The zero-order chi connectivity index (χ0) is 46.6. The Morgan fingerprint density at radius 1 is 0.533 bits per heavy atom. The first-order chi connectivity index (χ1) is 27.5. The van der Waals surface area contributed by atoms with Crippen LogP contribution < -0.4 is 0 Å². The van der Waals surface area contributed by atoms with Crippen LogP contribution >= 0.6 is 0 Å². The molecule has 20 unspecified atom stereocenters. The summed E-state index contributed by atoms with van der Waals surface area (Å²) < 4.78 is 0. The number of rotatable bonds is 23. The lowest BCUT2D eigenvalue weighted by atomic mass is 9.46. The molecule has 0 heteroatoms. The fourth-order valence-electron chi connectivity index (χ4n) is 16.9. The van der Waals surface area contributed by atoms with Crippen molar-refractivity contribution in [1.82, 2.24) is 0 Å². The first-order valence-corrected chi connectivity index (χ1v) is 27.5. The van der Waals surface area contributed by atoms with Gasteiger partial charge in [0.25, 0.3) is 0 Å². The normalized spacial score (nSPS) is 34.6. The van der Waals surface area contributed by atoms with Crippen LogP contribution in [0.3, 0.4) is 0 Å². The highest BCUT2D eigenvalue weighted by atomic mass is 14.6. The van der Waals surface area contributed by atoms with Crippen molar-refractivity contribution in [3.05, 3.63) is 0 Å². The maximum absolute atomic E-state index is 2.69. The molecular formula is C60H118. The Hall–Kier alpha value is 0. The highest BCUT2D eigenvalue weighted by Gasteiger charge is 2.54. The van der Waals surface area contributed by atoms with E-state index >= 15 is 0 Å². The molecule has 2 saturated carbocycles. The second kappa shape index (κ2) is 22.5. The molecule has 0 nitrogen and oxygen atoms in total. The molecule has 0 aromatic rings. The van der Waals surface area contributed by atoms with Crippen molar-refractivity contribution in [3.63, 3.8) is 0 Å². The van der Waals surface area contributed by atoms with Crippen molar-refractivity contribution in [3.8, 4) is 0 Å². The average Bonchev–Trinajstić information content (AvgIpc) is 3.18. The standard InChI is InChI=1S/C60H118/c1-27-49(44(14)55-36-38(8)50(28-2)53(31-5)45(55)15)33-34-57(19,20)60(25,26)59(23,24)48(18)58(21,22)39(9)35-37(7)40(10)41(11)51(29-3)46(16)56-43(13)42(12)52(30-4)54(32-6)47(56)17/h37-56H,27-36H2,1-26H3. The third-order valence-corrected chi connectivity index (χ3v) is 23.8. The van der Waals surface area contributed by atoms with E-state index in [-0.39, 0.29) is 21.7 Å². The van der Waals surface area contributed by atoms with Crippen LogP contribution in [0.1, 0.15) is 244 Å². The van der Waals surface area contributed by atoms with E-state index in [1.165, 1.54) is 64.2 Å². The Labute approximate surface area is 382 Å². The molecule has 0 amide bonds. The maximum Gasteiger partial charge on any atom is -0.0249 e. The van der Waals surface area contributed by atoms with Crippen LogP contribution in [-0.4, -0.2) is 0 Å². The van der Waals surface area contributed by atoms with E-state index in [0.29, 0.717) is 11.8 Å². The molecule has 0 saturated heterocycles. The molecule has 0 radical (unpaired) electrons. The van der Waals surface area contributed by atoms with E-state index in [1.54, 1.807) is 0 Å². The Morgan fingerprint density at radius 3 is 1.48 bits per heavy atom. The molecule has 0 aliphatic heterocycles. The molecule has 20 atom stereocenters. The van der Waals surface area contributed by atoms with E-state index in [0.717, 1.165) is 107 Å². The topological polar surface area (TPSA) is 0 Å². The van der Waals surface area contributed by atoms with Gasteiger partial charge >= 0.3 is 0 Å². The number of hydrogen-bond donors (Lipinski definition) is 0. The molecule has 358 valence electrons. The molecule has 0 bridgehead atoms. The minimum atomic E-state index is 0.195. The second-order valence-electron chi connectivity index (χ2n) is 26.3. The highest BCUT2D eigenvalue weighted by molar-refractivity contribution is 5.03. The lowest BCUT2D eigenvalue weighted by Gasteiger charge is -2.59. The first-order valence-electron chi connectivity index (χ1n) is 27.5. The molecule has 2 aliphatic carbocycles. The summed E-state index contributed by atoms with van der Waals surface area (Å²) in [4.78, 5) is 0. The van der Waals surface area contributed by atoms with Gasteiger partial charge in [0.1, 0.15) is 0 Å². The highest BCUT2D eigenvalue weighted by Crippen LogP contribution is 2.62. The largest absolute Gasteiger partial charge is 0.0651 e. The van der Waals surface area contributed by atoms with Crippen LogP contribution in [0.4, 0.5) is 0 Å². The zero-order valence-corrected chi connectivity index (χ0v) is 46.6. The molecule has 2 aliphatic rings. The molecule has 2 rings (SSSR count). The van der Waals surface area contributed by atoms with Gasteiger partial charge in [-0.25, -0.2) is 0 Å². The van der Waals surface area contributed by atoms with E-state index in [2.05, 4.69) is 180 Å². The molecule has 60 heavy (non-hydrogen) atoms. The predicted molar refractivity (Wildman–Crippen MR) is 273 cm³/mol. The van der Waals surface area contributed by atoms with Gasteiger partial charge in [0.15, 0.2) is 0 Å². The van der Waals surface area contributed by atoms with Gasteiger partial charge in [0.05, 0.1) is 0 Å². The van der Waals surface area contributed by atoms with Crippen molar-refractivity contribution < 1.29 is 0 Å². The fraction of sp³-hybridized carbons (Fsp3) is 1.00. The van der Waals surface area contributed by atoms with Crippen molar-refractivity contribution in [1.29, 1.82) is 0 Å². The van der Waals surface area contributed by atoms with Gasteiger partial charge in [-0.1, -0.05) is 219 Å². The van der Waals surface area contributed by atoms with E-state index < -0.39 is 0 Å². The summed E-state index contributed by atoms with van der Waals surface area (Å²) in [6, 6.07) is 0.